The number of hydrogen-bond donors (Lipinski definition) is 0. The number of hydrogen-bond acceptors (Lipinski definition) is 4. The third kappa shape index (κ3) is 3.91. The molecular weight excluding hydrogens is 306 g/mol. The molecule has 3 fully saturated rings. The summed E-state index contributed by atoms with van der Waals surface area (Å²) in [4.78, 5) is 31.1. The van der Waals surface area contributed by atoms with Crippen LogP contribution in [0.3, 0.4) is 0 Å². The second-order valence-electron chi connectivity index (χ2n) is 7.68. The molecule has 0 spiro atoms. The topological polar surface area (TPSA) is 53.1 Å². The number of rotatable bonds is 5. The molecule has 2 unspecified atom stereocenters. The van der Waals surface area contributed by atoms with E-state index in [4.69, 9.17) is 4.74 Å². The number of nitrogens with zero attached hydrogens (tertiary/aromatic N) is 3. The Bertz CT molecular complexity index is 478. The van der Waals surface area contributed by atoms with Crippen molar-refractivity contribution in [3.05, 3.63) is 0 Å². The first-order valence-electron chi connectivity index (χ1n) is 9.40. The molecular formula is C18H31N3O3. The smallest absolute Gasteiger partial charge is 0.253 e. The molecule has 2 heterocycles. The predicted molar refractivity (Wildman–Crippen MR) is 91.6 cm³/mol. The summed E-state index contributed by atoms with van der Waals surface area (Å²) in [6, 6.07) is 0.990. The van der Waals surface area contributed by atoms with E-state index >= 15 is 0 Å². The summed E-state index contributed by atoms with van der Waals surface area (Å²) in [7, 11) is 0. The van der Waals surface area contributed by atoms with Gasteiger partial charge in [0.05, 0.1) is 6.61 Å². The zero-order chi connectivity index (χ0) is 17.3. The Kier molecular flexibility index (Phi) is 5.45. The fourth-order valence-corrected chi connectivity index (χ4v) is 3.94. The van der Waals surface area contributed by atoms with Gasteiger partial charge in [-0.25, -0.2) is 0 Å². The van der Waals surface area contributed by atoms with Crippen LogP contribution >= 0.6 is 0 Å². The lowest BCUT2D eigenvalue weighted by Crippen LogP contribution is -2.55. The minimum absolute atomic E-state index is 0.113. The van der Waals surface area contributed by atoms with E-state index in [0.717, 1.165) is 38.8 Å². The monoisotopic (exact) mass is 337 g/mol. The van der Waals surface area contributed by atoms with Crippen LogP contribution in [0.1, 0.15) is 46.5 Å². The predicted octanol–water partition coefficient (Wildman–Crippen LogP) is 1.10. The van der Waals surface area contributed by atoms with Crippen LogP contribution in [-0.4, -0.2) is 83.5 Å². The van der Waals surface area contributed by atoms with Crippen molar-refractivity contribution in [2.24, 2.45) is 0 Å². The Hall–Kier alpha value is -1.14. The Morgan fingerprint density at radius 3 is 2.58 bits per heavy atom. The highest BCUT2D eigenvalue weighted by Gasteiger charge is 2.39. The van der Waals surface area contributed by atoms with Crippen LogP contribution in [-0.2, 0) is 14.3 Å². The summed E-state index contributed by atoms with van der Waals surface area (Å²) >= 11 is 0. The largest absolute Gasteiger partial charge is 0.366 e. The van der Waals surface area contributed by atoms with Crippen LogP contribution in [0.25, 0.3) is 0 Å². The zero-order valence-electron chi connectivity index (χ0n) is 15.2. The van der Waals surface area contributed by atoms with Crippen LogP contribution in [0.2, 0.25) is 0 Å². The number of likely N-dealkylation sites (tertiary alicyclic amines) is 1. The first-order valence-corrected chi connectivity index (χ1v) is 9.40. The average Bonchev–Trinajstić information content (AvgIpc) is 3.29. The van der Waals surface area contributed by atoms with E-state index in [2.05, 4.69) is 18.7 Å². The van der Waals surface area contributed by atoms with Crippen LogP contribution in [0.4, 0.5) is 0 Å². The number of carbonyl (C=O) groups excluding carboxylic acids is 2. The highest BCUT2D eigenvalue weighted by atomic mass is 16.5. The fraction of sp³-hybridized carbons (Fsp3) is 0.889. The molecule has 2 atom stereocenters. The molecule has 1 saturated carbocycles. The van der Waals surface area contributed by atoms with Crippen LogP contribution in [0.5, 0.6) is 0 Å². The summed E-state index contributed by atoms with van der Waals surface area (Å²) in [5, 5.41) is 0. The maximum Gasteiger partial charge on any atom is 0.253 e. The minimum atomic E-state index is -0.353. The van der Waals surface area contributed by atoms with Crippen molar-refractivity contribution in [1.82, 2.24) is 14.7 Å². The molecule has 2 amide bonds. The van der Waals surface area contributed by atoms with Crippen molar-refractivity contribution in [3.8, 4) is 0 Å². The lowest BCUT2D eigenvalue weighted by molar-refractivity contribution is -0.152. The summed E-state index contributed by atoms with van der Waals surface area (Å²) in [6.45, 7) is 9.63. The molecule has 1 aliphatic carbocycles. The zero-order valence-corrected chi connectivity index (χ0v) is 15.2. The lowest BCUT2D eigenvalue weighted by atomic mass is 10.1. The number of carbonyl (C=O) groups is 2. The third-order valence-corrected chi connectivity index (χ3v) is 5.56. The van der Waals surface area contributed by atoms with Gasteiger partial charge in [-0.1, -0.05) is 0 Å². The van der Waals surface area contributed by atoms with Crippen molar-refractivity contribution >= 4 is 11.8 Å². The molecule has 6 heteroatoms. The first-order chi connectivity index (χ1) is 11.5. The molecule has 0 aromatic carbocycles. The summed E-state index contributed by atoms with van der Waals surface area (Å²) in [6.07, 6.45) is 3.87. The molecule has 3 aliphatic rings. The Morgan fingerprint density at radius 1 is 1.21 bits per heavy atom. The maximum absolute atomic E-state index is 13.0. The molecule has 6 nitrogen and oxygen atoms in total. The van der Waals surface area contributed by atoms with Crippen molar-refractivity contribution in [1.29, 1.82) is 0 Å². The summed E-state index contributed by atoms with van der Waals surface area (Å²) in [5.74, 6) is 0.249. The quantitative estimate of drug-likeness (QED) is 0.754. The molecule has 2 saturated heterocycles. The van der Waals surface area contributed by atoms with Crippen LogP contribution < -0.4 is 0 Å². The van der Waals surface area contributed by atoms with E-state index in [0.29, 0.717) is 31.8 Å². The van der Waals surface area contributed by atoms with E-state index in [-0.39, 0.29) is 24.0 Å². The highest BCUT2D eigenvalue weighted by molar-refractivity contribution is 5.82. The van der Waals surface area contributed by atoms with Gasteiger partial charge in [-0.2, -0.15) is 0 Å². The Balaban J connectivity index is 1.61. The van der Waals surface area contributed by atoms with Gasteiger partial charge in [-0.15, -0.1) is 0 Å². The second kappa shape index (κ2) is 7.40. The van der Waals surface area contributed by atoms with Gasteiger partial charge in [0.2, 0.25) is 5.91 Å². The molecule has 24 heavy (non-hydrogen) atoms. The SMILES string of the molecule is CC(=O)N(CC1CCCN1C(=O)C1CN(C(C)C)CCO1)C1CC1. The molecule has 0 bridgehead atoms. The normalized spacial score (nSPS) is 28.4. The molecule has 0 aromatic heterocycles. The second-order valence-corrected chi connectivity index (χ2v) is 7.68. The highest BCUT2D eigenvalue weighted by Crippen LogP contribution is 2.29. The molecule has 3 rings (SSSR count). The van der Waals surface area contributed by atoms with E-state index in [1.807, 2.05) is 9.80 Å². The van der Waals surface area contributed by atoms with Gasteiger partial charge >= 0.3 is 0 Å². The van der Waals surface area contributed by atoms with Gasteiger partial charge in [0.15, 0.2) is 0 Å². The Labute approximate surface area is 145 Å². The van der Waals surface area contributed by atoms with Gasteiger partial charge in [-0.3, -0.25) is 14.5 Å². The Morgan fingerprint density at radius 2 is 1.96 bits per heavy atom. The number of amides is 2. The fourth-order valence-electron chi connectivity index (χ4n) is 3.94. The van der Waals surface area contributed by atoms with Crippen LogP contribution in [0, 0.1) is 0 Å². The molecule has 0 N–H and O–H groups in total. The molecule has 0 radical (unpaired) electrons. The van der Waals surface area contributed by atoms with Crippen molar-refractivity contribution in [2.45, 2.75) is 70.7 Å². The average molecular weight is 337 g/mol. The first kappa shape index (κ1) is 17.7. The van der Waals surface area contributed by atoms with Crippen molar-refractivity contribution in [2.75, 3.05) is 32.8 Å². The van der Waals surface area contributed by atoms with E-state index < -0.39 is 0 Å². The summed E-state index contributed by atoms with van der Waals surface area (Å²) in [5.41, 5.74) is 0. The van der Waals surface area contributed by atoms with Gasteiger partial charge in [-0.05, 0) is 39.5 Å². The molecule has 136 valence electrons. The number of ether oxygens (including phenoxy) is 1. The molecule has 0 aromatic rings. The van der Waals surface area contributed by atoms with Gasteiger partial charge in [0.25, 0.3) is 5.91 Å². The van der Waals surface area contributed by atoms with Crippen molar-refractivity contribution < 1.29 is 14.3 Å². The minimum Gasteiger partial charge on any atom is -0.366 e. The van der Waals surface area contributed by atoms with Gasteiger partial charge in [0, 0.05) is 51.2 Å². The van der Waals surface area contributed by atoms with Crippen molar-refractivity contribution in [3.63, 3.8) is 0 Å². The van der Waals surface area contributed by atoms with Gasteiger partial charge in [0.1, 0.15) is 6.10 Å². The number of morpholine rings is 1. The maximum atomic E-state index is 13.0. The summed E-state index contributed by atoms with van der Waals surface area (Å²) < 4.78 is 5.78. The van der Waals surface area contributed by atoms with E-state index in [9.17, 15) is 9.59 Å². The van der Waals surface area contributed by atoms with E-state index in [1.54, 1.807) is 6.92 Å². The van der Waals surface area contributed by atoms with E-state index in [1.165, 1.54) is 0 Å². The standard InChI is InChI=1S/C18H31N3O3/c1-13(2)19-9-10-24-17(12-19)18(23)20-8-4-5-16(20)11-21(14(3)22)15-6-7-15/h13,15-17H,4-12H2,1-3H3. The lowest BCUT2D eigenvalue weighted by Gasteiger charge is -2.38. The molecule has 2 aliphatic heterocycles. The third-order valence-electron chi connectivity index (χ3n) is 5.56. The van der Waals surface area contributed by atoms with Gasteiger partial charge < -0.3 is 14.5 Å². The van der Waals surface area contributed by atoms with Crippen LogP contribution in [0.15, 0.2) is 0 Å².